The average molecular weight is 234 g/mol. The van der Waals surface area contributed by atoms with Crippen molar-refractivity contribution < 1.29 is 15.6 Å². The summed E-state index contributed by atoms with van der Waals surface area (Å²) in [6.45, 7) is 0. The molecule has 1 aromatic rings. The number of carbonyl (C=O) groups excluding carboxylic acids is 1. The molecule has 0 spiro atoms. The van der Waals surface area contributed by atoms with Crippen molar-refractivity contribution in [3.8, 4) is 0 Å². The van der Waals surface area contributed by atoms with Gasteiger partial charge in [0.05, 0.1) is 5.97 Å². The molecule has 5 heteroatoms. The molecular formula is C9H9Cl2NO2. The van der Waals surface area contributed by atoms with Crippen LogP contribution in [0.1, 0.15) is 5.56 Å². The molecule has 0 aliphatic heterocycles. The van der Waals surface area contributed by atoms with Crippen LogP contribution in [-0.2, 0) is 11.2 Å². The van der Waals surface area contributed by atoms with E-state index in [2.05, 4.69) is 5.73 Å². The summed E-state index contributed by atoms with van der Waals surface area (Å²) in [6, 6.07) is 4.17. The van der Waals surface area contributed by atoms with Crippen LogP contribution in [-0.4, -0.2) is 12.0 Å². The van der Waals surface area contributed by atoms with E-state index in [0.717, 1.165) is 0 Å². The monoisotopic (exact) mass is 233 g/mol. The molecule has 1 atom stereocenters. The number of hydrogen-bond acceptors (Lipinski definition) is 2. The summed E-state index contributed by atoms with van der Waals surface area (Å²) >= 11 is 11.7. The summed E-state index contributed by atoms with van der Waals surface area (Å²) in [5, 5.41) is 11.4. The lowest BCUT2D eigenvalue weighted by atomic mass is 10.1. The molecule has 0 bridgehead atoms. The predicted octanol–water partition coefficient (Wildman–Crippen LogP) is -0.104. The number of rotatable bonds is 3. The Labute approximate surface area is 91.4 Å². The SMILES string of the molecule is [NH3+][C@@H](Cc1c(Cl)cccc1Cl)C(=O)[O-]. The Balaban J connectivity index is 2.91. The summed E-state index contributed by atoms with van der Waals surface area (Å²) in [5.74, 6) is -1.21. The molecule has 1 aromatic carbocycles. The van der Waals surface area contributed by atoms with E-state index in [1.165, 1.54) is 0 Å². The molecule has 3 N–H and O–H groups in total. The van der Waals surface area contributed by atoms with E-state index in [-0.39, 0.29) is 6.42 Å². The minimum atomic E-state index is -1.21. The Hall–Kier alpha value is -0.770. The minimum absolute atomic E-state index is 0.181. The van der Waals surface area contributed by atoms with Gasteiger partial charge in [-0.3, -0.25) is 0 Å². The number of benzene rings is 1. The summed E-state index contributed by atoms with van der Waals surface area (Å²) in [7, 11) is 0. The van der Waals surface area contributed by atoms with Gasteiger partial charge in [-0.25, -0.2) is 0 Å². The van der Waals surface area contributed by atoms with Crippen molar-refractivity contribution in [3.05, 3.63) is 33.8 Å². The van der Waals surface area contributed by atoms with E-state index >= 15 is 0 Å². The second kappa shape index (κ2) is 4.64. The van der Waals surface area contributed by atoms with Crippen molar-refractivity contribution in [3.63, 3.8) is 0 Å². The van der Waals surface area contributed by atoms with Crippen LogP contribution in [0.3, 0.4) is 0 Å². The van der Waals surface area contributed by atoms with E-state index in [1.54, 1.807) is 18.2 Å². The standard InChI is InChI=1S/C9H9Cl2NO2/c10-6-2-1-3-7(11)5(6)4-8(12)9(13)14/h1-3,8H,4,12H2,(H,13,14)/t8-/m0/s1. The summed E-state index contributed by atoms with van der Waals surface area (Å²) in [5.41, 5.74) is 4.03. The summed E-state index contributed by atoms with van der Waals surface area (Å²) in [6.07, 6.45) is 0.181. The van der Waals surface area contributed by atoms with E-state index < -0.39 is 12.0 Å². The van der Waals surface area contributed by atoms with Crippen molar-refractivity contribution >= 4 is 29.2 Å². The Bertz CT molecular complexity index is 334. The molecular weight excluding hydrogens is 225 g/mol. The molecule has 0 saturated heterocycles. The Kier molecular flexibility index (Phi) is 3.75. The number of carboxylic acids is 1. The molecule has 76 valence electrons. The van der Waals surface area contributed by atoms with Crippen LogP contribution >= 0.6 is 23.2 Å². The highest BCUT2D eigenvalue weighted by Crippen LogP contribution is 2.24. The smallest absolute Gasteiger partial charge is 0.129 e. The maximum Gasteiger partial charge on any atom is 0.129 e. The fourth-order valence-corrected chi connectivity index (χ4v) is 1.61. The molecule has 0 radical (unpaired) electrons. The van der Waals surface area contributed by atoms with Gasteiger partial charge in [-0.15, -0.1) is 0 Å². The first-order valence-corrected chi connectivity index (χ1v) is 4.74. The number of carbonyl (C=O) groups is 1. The van der Waals surface area contributed by atoms with E-state index in [4.69, 9.17) is 23.2 Å². The van der Waals surface area contributed by atoms with Gasteiger partial charge in [-0.2, -0.15) is 0 Å². The Morgan fingerprint density at radius 2 is 1.93 bits per heavy atom. The highest BCUT2D eigenvalue weighted by atomic mass is 35.5. The van der Waals surface area contributed by atoms with Gasteiger partial charge in [0.15, 0.2) is 0 Å². The molecule has 0 fully saturated rings. The molecule has 1 rings (SSSR count). The van der Waals surface area contributed by atoms with Gasteiger partial charge in [0, 0.05) is 16.5 Å². The zero-order chi connectivity index (χ0) is 10.7. The number of hydrogen-bond donors (Lipinski definition) is 1. The van der Waals surface area contributed by atoms with Crippen molar-refractivity contribution in [2.45, 2.75) is 12.5 Å². The molecule has 0 heterocycles. The fraction of sp³-hybridized carbons (Fsp3) is 0.222. The van der Waals surface area contributed by atoms with Gasteiger partial charge in [0.1, 0.15) is 6.04 Å². The summed E-state index contributed by atoms with van der Waals surface area (Å²) < 4.78 is 0. The molecule has 0 unspecified atom stereocenters. The first kappa shape index (κ1) is 11.3. The number of halogens is 2. The Morgan fingerprint density at radius 1 is 1.43 bits per heavy atom. The van der Waals surface area contributed by atoms with Crippen LogP contribution in [0.2, 0.25) is 10.0 Å². The molecule has 14 heavy (non-hydrogen) atoms. The number of quaternary nitrogens is 1. The minimum Gasteiger partial charge on any atom is -0.544 e. The van der Waals surface area contributed by atoms with Gasteiger partial charge < -0.3 is 15.6 Å². The maximum absolute atomic E-state index is 10.5. The number of aliphatic carboxylic acids is 1. The average Bonchev–Trinajstić information content (AvgIpc) is 2.11. The van der Waals surface area contributed by atoms with Crippen molar-refractivity contribution in [1.82, 2.24) is 0 Å². The van der Waals surface area contributed by atoms with Crippen LogP contribution < -0.4 is 10.8 Å². The molecule has 3 nitrogen and oxygen atoms in total. The van der Waals surface area contributed by atoms with Gasteiger partial charge >= 0.3 is 0 Å². The second-order valence-corrected chi connectivity index (χ2v) is 3.73. The van der Waals surface area contributed by atoms with Gasteiger partial charge in [0.2, 0.25) is 0 Å². The van der Waals surface area contributed by atoms with Crippen LogP contribution in [0.15, 0.2) is 18.2 Å². The van der Waals surface area contributed by atoms with Crippen molar-refractivity contribution in [2.75, 3.05) is 0 Å². The third-order valence-corrected chi connectivity index (χ3v) is 2.55. The zero-order valence-corrected chi connectivity index (χ0v) is 8.81. The van der Waals surface area contributed by atoms with E-state index in [0.29, 0.717) is 15.6 Å². The lowest BCUT2D eigenvalue weighted by molar-refractivity contribution is -0.436. The van der Waals surface area contributed by atoms with Crippen LogP contribution in [0.25, 0.3) is 0 Å². The van der Waals surface area contributed by atoms with Crippen LogP contribution in [0, 0.1) is 0 Å². The van der Waals surface area contributed by atoms with Gasteiger partial charge in [0.25, 0.3) is 0 Å². The topological polar surface area (TPSA) is 67.8 Å². The van der Waals surface area contributed by atoms with Crippen molar-refractivity contribution in [1.29, 1.82) is 0 Å². The zero-order valence-electron chi connectivity index (χ0n) is 7.30. The molecule has 0 aliphatic carbocycles. The fourth-order valence-electron chi connectivity index (χ4n) is 1.06. The molecule has 0 saturated carbocycles. The highest BCUT2D eigenvalue weighted by molar-refractivity contribution is 6.36. The molecule has 0 amide bonds. The van der Waals surface area contributed by atoms with Gasteiger partial charge in [-0.05, 0) is 17.7 Å². The van der Waals surface area contributed by atoms with Gasteiger partial charge in [-0.1, -0.05) is 29.3 Å². The van der Waals surface area contributed by atoms with E-state index in [9.17, 15) is 9.90 Å². The summed E-state index contributed by atoms with van der Waals surface area (Å²) in [4.78, 5) is 10.5. The van der Waals surface area contributed by atoms with E-state index in [1.807, 2.05) is 0 Å². The lowest BCUT2D eigenvalue weighted by Crippen LogP contribution is -2.69. The predicted molar refractivity (Wildman–Crippen MR) is 51.8 cm³/mol. The first-order chi connectivity index (χ1) is 6.52. The normalized spacial score (nSPS) is 12.5. The quantitative estimate of drug-likeness (QED) is 0.793. The first-order valence-electron chi connectivity index (χ1n) is 3.99. The number of carboxylic acid groups (broad SMARTS) is 1. The van der Waals surface area contributed by atoms with Crippen LogP contribution in [0.4, 0.5) is 0 Å². The second-order valence-electron chi connectivity index (χ2n) is 2.92. The maximum atomic E-state index is 10.5. The van der Waals surface area contributed by atoms with Crippen molar-refractivity contribution in [2.24, 2.45) is 0 Å². The largest absolute Gasteiger partial charge is 0.544 e. The lowest BCUT2D eigenvalue weighted by Gasteiger charge is -2.11. The third kappa shape index (κ3) is 2.61. The third-order valence-electron chi connectivity index (χ3n) is 1.85. The molecule has 0 aliphatic rings. The highest BCUT2D eigenvalue weighted by Gasteiger charge is 2.13. The van der Waals surface area contributed by atoms with Crippen LogP contribution in [0.5, 0.6) is 0 Å². The molecule has 0 aromatic heterocycles. The Morgan fingerprint density at radius 3 is 2.36 bits per heavy atom.